The molecule has 1 rings (SSSR count). The molecule has 0 aliphatic heterocycles. The highest BCUT2D eigenvalue weighted by Gasteiger charge is 2.08. The van der Waals surface area contributed by atoms with Gasteiger partial charge in [0.15, 0.2) is 0 Å². The number of nitrogens with zero attached hydrogens (tertiary/aromatic N) is 1. The molecule has 1 heterocycles. The topological polar surface area (TPSA) is 63.1 Å². The highest BCUT2D eigenvalue weighted by Crippen LogP contribution is 1.98. The Labute approximate surface area is 88.4 Å². The van der Waals surface area contributed by atoms with Gasteiger partial charge >= 0.3 is 0 Å². The van der Waals surface area contributed by atoms with Gasteiger partial charge in [-0.1, -0.05) is 6.92 Å². The molecule has 0 bridgehead atoms. The molecule has 2 N–H and O–H groups in total. The van der Waals surface area contributed by atoms with E-state index in [0.717, 1.165) is 6.42 Å². The highest BCUT2D eigenvalue weighted by atomic mass is 16.2. The summed E-state index contributed by atoms with van der Waals surface area (Å²) in [5, 5.41) is 0. The van der Waals surface area contributed by atoms with Crippen LogP contribution >= 0.6 is 0 Å². The monoisotopic (exact) mass is 209 g/mol. The Morgan fingerprint density at radius 3 is 2.67 bits per heavy atom. The number of carbonyl (C=O) groups excluding carboxylic acids is 2. The van der Waals surface area contributed by atoms with E-state index >= 15 is 0 Å². The summed E-state index contributed by atoms with van der Waals surface area (Å²) >= 11 is 0. The van der Waals surface area contributed by atoms with E-state index in [1.165, 1.54) is 0 Å². The molecule has 2 amide bonds. The molecule has 0 aromatic carbocycles. The molecule has 15 heavy (non-hydrogen) atoms. The number of hydrazine groups is 1. The molecule has 0 aliphatic carbocycles. The van der Waals surface area contributed by atoms with Gasteiger partial charge in [-0.25, -0.2) is 0 Å². The van der Waals surface area contributed by atoms with Gasteiger partial charge in [0, 0.05) is 19.7 Å². The van der Waals surface area contributed by atoms with Crippen molar-refractivity contribution in [3.63, 3.8) is 0 Å². The molecule has 1 aromatic rings. The third-order valence-corrected chi connectivity index (χ3v) is 1.97. The zero-order valence-corrected chi connectivity index (χ0v) is 8.91. The van der Waals surface area contributed by atoms with Crippen molar-refractivity contribution < 1.29 is 9.59 Å². The number of amides is 2. The molecule has 0 saturated carbocycles. The summed E-state index contributed by atoms with van der Waals surface area (Å²) in [5.41, 5.74) is 5.20. The summed E-state index contributed by atoms with van der Waals surface area (Å²) in [6, 6.07) is 3.45. The molecule has 0 atom stereocenters. The Bertz CT molecular complexity index is 357. The third-order valence-electron chi connectivity index (χ3n) is 1.97. The van der Waals surface area contributed by atoms with Gasteiger partial charge in [-0.05, 0) is 18.6 Å². The van der Waals surface area contributed by atoms with Gasteiger partial charge in [0.1, 0.15) is 5.69 Å². The van der Waals surface area contributed by atoms with Crippen molar-refractivity contribution in [2.45, 2.75) is 19.8 Å². The van der Waals surface area contributed by atoms with Crippen molar-refractivity contribution in [2.24, 2.45) is 7.05 Å². The minimum absolute atomic E-state index is 0.181. The molecule has 5 heteroatoms. The Morgan fingerprint density at radius 2 is 2.13 bits per heavy atom. The van der Waals surface area contributed by atoms with Crippen molar-refractivity contribution in [2.75, 3.05) is 0 Å². The van der Waals surface area contributed by atoms with Crippen LogP contribution < -0.4 is 10.9 Å². The average Bonchev–Trinajstić information content (AvgIpc) is 2.61. The summed E-state index contributed by atoms with van der Waals surface area (Å²) in [4.78, 5) is 22.6. The smallest absolute Gasteiger partial charge is 0.286 e. The van der Waals surface area contributed by atoms with Crippen molar-refractivity contribution in [1.29, 1.82) is 0 Å². The van der Waals surface area contributed by atoms with Gasteiger partial charge in [0.25, 0.3) is 5.91 Å². The minimum Gasteiger partial charge on any atom is -0.347 e. The lowest BCUT2D eigenvalue weighted by atomic mass is 10.3. The fraction of sp³-hybridized carbons (Fsp3) is 0.400. The van der Waals surface area contributed by atoms with Crippen LogP contribution in [0.1, 0.15) is 30.3 Å². The van der Waals surface area contributed by atoms with Gasteiger partial charge in [0.2, 0.25) is 5.91 Å². The molecule has 0 unspecified atom stereocenters. The quantitative estimate of drug-likeness (QED) is 0.715. The van der Waals surface area contributed by atoms with Crippen LogP contribution in [0.4, 0.5) is 0 Å². The van der Waals surface area contributed by atoms with Crippen molar-refractivity contribution in [3.05, 3.63) is 24.0 Å². The molecule has 0 fully saturated rings. The van der Waals surface area contributed by atoms with Crippen LogP contribution in [0.2, 0.25) is 0 Å². The van der Waals surface area contributed by atoms with Crippen LogP contribution in [0, 0.1) is 0 Å². The number of rotatable bonds is 3. The first-order chi connectivity index (χ1) is 7.15. The van der Waals surface area contributed by atoms with Gasteiger partial charge in [-0.2, -0.15) is 0 Å². The van der Waals surface area contributed by atoms with E-state index in [1.807, 2.05) is 6.92 Å². The van der Waals surface area contributed by atoms with E-state index in [2.05, 4.69) is 10.9 Å². The first-order valence-corrected chi connectivity index (χ1v) is 4.85. The second-order valence-electron chi connectivity index (χ2n) is 3.26. The van der Waals surface area contributed by atoms with Crippen LogP contribution in [0.5, 0.6) is 0 Å². The number of hydrogen-bond donors (Lipinski definition) is 2. The van der Waals surface area contributed by atoms with Crippen LogP contribution in [0.25, 0.3) is 0 Å². The van der Waals surface area contributed by atoms with Gasteiger partial charge in [-0.3, -0.25) is 20.4 Å². The fourth-order valence-electron chi connectivity index (χ4n) is 1.18. The number of aryl methyl sites for hydroxylation is 1. The lowest BCUT2D eigenvalue weighted by molar-refractivity contribution is -0.121. The van der Waals surface area contributed by atoms with Crippen molar-refractivity contribution >= 4 is 11.8 Å². The Morgan fingerprint density at radius 1 is 1.40 bits per heavy atom. The molecular weight excluding hydrogens is 194 g/mol. The average molecular weight is 209 g/mol. The highest BCUT2D eigenvalue weighted by molar-refractivity contribution is 5.93. The maximum Gasteiger partial charge on any atom is 0.286 e. The van der Waals surface area contributed by atoms with Gasteiger partial charge in [0.05, 0.1) is 0 Å². The van der Waals surface area contributed by atoms with Gasteiger partial charge < -0.3 is 4.57 Å². The van der Waals surface area contributed by atoms with Crippen LogP contribution in [0.3, 0.4) is 0 Å². The predicted octanol–water partition coefficient (Wildman–Crippen LogP) is 0.586. The molecule has 0 radical (unpaired) electrons. The first-order valence-electron chi connectivity index (χ1n) is 4.85. The molecule has 0 spiro atoms. The van der Waals surface area contributed by atoms with Crippen LogP contribution in [0.15, 0.2) is 18.3 Å². The zero-order chi connectivity index (χ0) is 11.3. The maximum atomic E-state index is 11.5. The van der Waals surface area contributed by atoms with E-state index in [0.29, 0.717) is 12.1 Å². The molecule has 5 nitrogen and oxygen atoms in total. The summed E-state index contributed by atoms with van der Waals surface area (Å²) in [6.45, 7) is 1.90. The second-order valence-corrected chi connectivity index (χ2v) is 3.26. The Balaban J connectivity index is 2.44. The lowest BCUT2D eigenvalue weighted by Gasteiger charge is -2.06. The van der Waals surface area contributed by atoms with Crippen LogP contribution in [-0.2, 0) is 11.8 Å². The van der Waals surface area contributed by atoms with E-state index in [-0.39, 0.29) is 11.8 Å². The summed E-state index contributed by atoms with van der Waals surface area (Å²) in [5.74, 6) is -0.494. The van der Waals surface area contributed by atoms with Crippen molar-refractivity contribution in [3.8, 4) is 0 Å². The summed E-state index contributed by atoms with van der Waals surface area (Å²) < 4.78 is 1.68. The first kappa shape index (κ1) is 11.3. The normalized spacial score (nSPS) is 9.73. The lowest BCUT2D eigenvalue weighted by Crippen LogP contribution is -2.42. The Hall–Kier alpha value is -1.78. The minimum atomic E-state index is -0.313. The number of hydrogen-bond acceptors (Lipinski definition) is 2. The largest absolute Gasteiger partial charge is 0.347 e. The number of aromatic nitrogens is 1. The Kier molecular flexibility index (Phi) is 3.91. The maximum absolute atomic E-state index is 11.5. The number of nitrogens with one attached hydrogen (secondary N) is 2. The number of carbonyl (C=O) groups is 2. The third kappa shape index (κ3) is 3.12. The second kappa shape index (κ2) is 5.19. The van der Waals surface area contributed by atoms with E-state index < -0.39 is 0 Å². The molecule has 1 aromatic heterocycles. The van der Waals surface area contributed by atoms with Crippen molar-refractivity contribution in [1.82, 2.24) is 15.4 Å². The molecule has 0 saturated heterocycles. The van der Waals surface area contributed by atoms with E-state index in [4.69, 9.17) is 0 Å². The molecule has 0 aliphatic rings. The summed E-state index contributed by atoms with van der Waals surface area (Å²) in [7, 11) is 1.77. The zero-order valence-electron chi connectivity index (χ0n) is 8.91. The van der Waals surface area contributed by atoms with Gasteiger partial charge in [-0.15, -0.1) is 0 Å². The van der Waals surface area contributed by atoms with Crippen LogP contribution in [-0.4, -0.2) is 16.4 Å². The predicted molar refractivity (Wildman–Crippen MR) is 55.9 cm³/mol. The molecule has 82 valence electrons. The SMILES string of the molecule is CCCC(=O)NNC(=O)c1cccn1C. The van der Waals surface area contributed by atoms with E-state index in [1.54, 1.807) is 29.9 Å². The fourth-order valence-corrected chi connectivity index (χ4v) is 1.18. The molecular formula is C10H15N3O2. The summed E-state index contributed by atoms with van der Waals surface area (Å²) in [6.07, 6.45) is 2.93. The standard InChI is InChI=1S/C10H15N3O2/c1-3-5-9(14)11-12-10(15)8-6-4-7-13(8)2/h4,6-7H,3,5H2,1-2H3,(H,11,14)(H,12,15). The van der Waals surface area contributed by atoms with E-state index in [9.17, 15) is 9.59 Å².